The van der Waals surface area contributed by atoms with Crippen molar-refractivity contribution in [3.05, 3.63) is 94.0 Å². The molecule has 0 aliphatic heterocycles. The first kappa shape index (κ1) is 61.3. The molecule has 0 bridgehead atoms. The average Bonchev–Trinajstić information content (AvgIpc) is 3.42. The minimum Gasteiger partial charge on any atom is -0.489 e. The molecule has 2 amide bonds. The number of esters is 4. The zero-order chi connectivity index (χ0) is 57.3. The summed E-state index contributed by atoms with van der Waals surface area (Å²) in [5, 5.41) is 0. The van der Waals surface area contributed by atoms with Crippen LogP contribution in [0.3, 0.4) is 0 Å². The van der Waals surface area contributed by atoms with Crippen molar-refractivity contribution in [3.63, 3.8) is 0 Å². The predicted octanol–water partition coefficient (Wildman–Crippen LogP) is 6.67. The van der Waals surface area contributed by atoms with Gasteiger partial charge in [0.2, 0.25) is 11.8 Å². The van der Waals surface area contributed by atoms with Crippen molar-refractivity contribution in [2.45, 2.75) is 65.6 Å². The van der Waals surface area contributed by atoms with Crippen LogP contribution in [0.1, 0.15) is 68.7 Å². The number of hydrogen-bond acceptors (Lipinski definition) is 16. The van der Waals surface area contributed by atoms with Crippen molar-refractivity contribution in [2.24, 2.45) is 0 Å². The second kappa shape index (κ2) is 30.9. The summed E-state index contributed by atoms with van der Waals surface area (Å²) in [6.45, 7) is 5.82. The zero-order valence-corrected chi connectivity index (χ0v) is 45.1. The third-order valence-corrected chi connectivity index (χ3v) is 11.1. The van der Waals surface area contributed by atoms with Crippen LogP contribution >= 0.6 is 0 Å². The van der Waals surface area contributed by atoms with Crippen LogP contribution in [-0.4, -0.2) is 139 Å². The molecule has 4 aromatic rings. The van der Waals surface area contributed by atoms with E-state index in [1.54, 1.807) is 28.2 Å². The van der Waals surface area contributed by atoms with Crippen molar-refractivity contribution in [1.29, 1.82) is 0 Å². The molecule has 410 valence electrons. The van der Waals surface area contributed by atoms with E-state index < -0.39 is 49.3 Å². The molecule has 4 aromatic carbocycles. The second-order valence-electron chi connectivity index (χ2n) is 17.9. The van der Waals surface area contributed by atoms with Gasteiger partial charge in [-0.3, -0.25) is 19.2 Å². The van der Waals surface area contributed by atoms with Gasteiger partial charge in [0.25, 0.3) is 0 Å². The van der Waals surface area contributed by atoms with Gasteiger partial charge in [0.15, 0.2) is 12.2 Å². The van der Waals surface area contributed by atoms with Crippen LogP contribution in [-0.2, 0) is 38.1 Å². The van der Waals surface area contributed by atoms with Crippen molar-refractivity contribution in [3.8, 4) is 95.0 Å². The molecule has 0 aromatic heterocycles. The standard InChI is InChI=1S/C60H64N2O16/c1-13-21-69-47-29-45(30-48(33-47)70-22-14-2)59(67)75-37-51(77-55(65)19-17-53(63)61(9)10)35-73-57-39(5)25-43(26-40(57)6)44-27-41(7)58(42(8)28-44)74-36-52(78-56(66)20-18-54(64)62(11)12)38-76-60(68)46-31-49(71-23-15-3)34-50(32-46)72-24-16-4/h1-4,25-34,51-52H,17-24,35-38H2,5-12H3. The largest absolute Gasteiger partial charge is 0.489 e. The predicted molar refractivity (Wildman–Crippen MR) is 288 cm³/mol. The van der Waals surface area contributed by atoms with E-state index >= 15 is 0 Å². The Morgan fingerprint density at radius 3 is 0.987 bits per heavy atom. The van der Waals surface area contributed by atoms with Gasteiger partial charge in [0.1, 0.15) is 87.4 Å². The van der Waals surface area contributed by atoms with Gasteiger partial charge in [0, 0.05) is 53.2 Å². The molecule has 0 fully saturated rings. The molecule has 0 radical (unpaired) electrons. The zero-order valence-electron chi connectivity index (χ0n) is 45.1. The SMILES string of the molecule is C#CCOc1cc(OCC#C)cc(C(=O)OCC(COc2c(C)cc(-c3cc(C)c(OCC(COC(=O)c4cc(OCC#C)cc(OCC#C)c4)OC(=O)CCC(=O)N(C)C)c(C)c3)cc2C)OC(=O)CCC(=O)N(C)C)c1. The minimum absolute atomic E-state index is 0.0517. The number of benzene rings is 4. The number of ether oxygens (including phenoxy) is 10. The van der Waals surface area contributed by atoms with Gasteiger partial charge in [-0.2, -0.15) is 0 Å². The molecule has 0 aliphatic carbocycles. The van der Waals surface area contributed by atoms with Crippen LogP contribution in [0, 0.1) is 77.1 Å². The van der Waals surface area contributed by atoms with Gasteiger partial charge in [-0.15, -0.1) is 25.7 Å². The number of aryl methyl sites for hydroxylation is 4. The second-order valence-corrected chi connectivity index (χ2v) is 17.9. The van der Waals surface area contributed by atoms with Gasteiger partial charge < -0.3 is 57.2 Å². The first-order valence-corrected chi connectivity index (χ1v) is 24.4. The Morgan fingerprint density at radius 1 is 0.423 bits per heavy atom. The summed E-state index contributed by atoms with van der Waals surface area (Å²) in [5.74, 6) is 7.81. The third kappa shape index (κ3) is 19.8. The highest BCUT2D eigenvalue weighted by Gasteiger charge is 2.25. The topological polar surface area (TPSA) is 201 Å². The summed E-state index contributed by atoms with van der Waals surface area (Å²) in [6, 6.07) is 16.4. The first-order valence-electron chi connectivity index (χ1n) is 24.4. The Bertz CT molecular complexity index is 2650. The van der Waals surface area contributed by atoms with E-state index in [9.17, 15) is 28.8 Å². The first-order chi connectivity index (χ1) is 37.2. The fraction of sp³-hybridized carbons (Fsp3) is 0.367. The van der Waals surface area contributed by atoms with Crippen molar-refractivity contribution < 1.29 is 76.1 Å². The van der Waals surface area contributed by atoms with Crippen LogP contribution in [0.2, 0.25) is 0 Å². The van der Waals surface area contributed by atoms with E-state index in [0.717, 1.165) is 33.4 Å². The lowest BCUT2D eigenvalue weighted by molar-refractivity contribution is -0.154. The Morgan fingerprint density at radius 2 is 0.718 bits per heavy atom. The Balaban J connectivity index is 1.53. The Hall–Kier alpha value is -9.26. The smallest absolute Gasteiger partial charge is 0.338 e. The van der Waals surface area contributed by atoms with Crippen LogP contribution in [0.5, 0.6) is 34.5 Å². The minimum atomic E-state index is -1.10. The highest BCUT2D eigenvalue weighted by atomic mass is 16.6. The molecule has 0 spiro atoms. The molecular formula is C60H64N2O16. The maximum Gasteiger partial charge on any atom is 0.338 e. The lowest BCUT2D eigenvalue weighted by atomic mass is 9.96. The number of carbonyl (C=O) groups is 6. The molecule has 0 heterocycles. The molecule has 0 aliphatic rings. The van der Waals surface area contributed by atoms with Crippen LogP contribution in [0.15, 0.2) is 60.7 Å². The summed E-state index contributed by atoms with van der Waals surface area (Å²) in [6.07, 6.45) is 18.6. The molecule has 0 saturated carbocycles. The molecule has 78 heavy (non-hydrogen) atoms. The fourth-order valence-corrected chi connectivity index (χ4v) is 7.35. The lowest BCUT2D eigenvalue weighted by Crippen LogP contribution is -2.32. The molecule has 2 atom stereocenters. The summed E-state index contributed by atoms with van der Waals surface area (Å²) in [5.41, 5.74) is 4.71. The van der Waals surface area contributed by atoms with E-state index in [1.807, 2.05) is 52.0 Å². The average molecular weight is 1070 g/mol. The number of carbonyl (C=O) groups excluding carboxylic acids is 6. The van der Waals surface area contributed by atoms with Crippen molar-refractivity contribution in [2.75, 3.05) is 81.0 Å². The van der Waals surface area contributed by atoms with E-state index in [0.29, 0.717) is 11.5 Å². The molecular weight excluding hydrogens is 1000 g/mol. The highest BCUT2D eigenvalue weighted by Crippen LogP contribution is 2.35. The molecule has 0 saturated heterocycles. The number of nitrogens with zero attached hydrogens (tertiary/aromatic N) is 2. The molecule has 18 heteroatoms. The van der Waals surface area contributed by atoms with E-state index in [-0.39, 0.29) is 111 Å². The van der Waals surface area contributed by atoms with Crippen molar-refractivity contribution in [1.82, 2.24) is 9.80 Å². The van der Waals surface area contributed by atoms with E-state index in [4.69, 9.17) is 73.1 Å². The van der Waals surface area contributed by atoms with Gasteiger partial charge in [0.05, 0.1) is 24.0 Å². The summed E-state index contributed by atoms with van der Waals surface area (Å²) in [7, 11) is 6.30. The molecule has 4 rings (SSSR count). The highest BCUT2D eigenvalue weighted by molar-refractivity contribution is 5.91. The fourth-order valence-electron chi connectivity index (χ4n) is 7.35. The lowest BCUT2D eigenvalue weighted by Gasteiger charge is -2.22. The van der Waals surface area contributed by atoms with E-state index in [2.05, 4.69) is 23.7 Å². The normalized spacial score (nSPS) is 11.1. The monoisotopic (exact) mass is 1070 g/mol. The summed E-state index contributed by atoms with van der Waals surface area (Å²) < 4.78 is 57.3. The van der Waals surface area contributed by atoms with Gasteiger partial charge >= 0.3 is 23.9 Å². The maximum absolute atomic E-state index is 13.4. The molecule has 18 nitrogen and oxygen atoms in total. The van der Waals surface area contributed by atoms with Crippen molar-refractivity contribution >= 4 is 35.7 Å². The maximum atomic E-state index is 13.4. The van der Waals surface area contributed by atoms with Crippen LogP contribution in [0.4, 0.5) is 0 Å². The van der Waals surface area contributed by atoms with Crippen LogP contribution in [0.25, 0.3) is 11.1 Å². The number of terminal acetylenes is 4. The summed E-state index contributed by atoms with van der Waals surface area (Å²) in [4.78, 5) is 80.1. The quantitative estimate of drug-likeness (QED) is 0.0317. The number of amides is 2. The van der Waals surface area contributed by atoms with Gasteiger partial charge in [-0.05, 0) is 110 Å². The number of rotatable bonds is 29. The third-order valence-electron chi connectivity index (χ3n) is 11.1. The Labute approximate surface area is 455 Å². The van der Waals surface area contributed by atoms with E-state index in [1.165, 1.54) is 46.2 Å². The van der Waals surface area contributed by atoms with Gasteiger partial charge in [-0.25, -0.2) is 9.59 Å². The summed E-state index contributed by atoms with van der Waals surface area (Å²) >= 11 is 0. The van der Waals surface area contributed by atoms with Crippen LogP contribution < -0.4 is 28.4 Å². The van der Waals surface area contributed by atoms with Gasteiger partial charge in [-0.1, -0.05) is 23.7 Å². The molecule has 0 N–H and O–H groups in total. The molecule has 2 unspecified atom stereocenters. The number of hydrogen-bond donors (Lipinski definition) is 0. The Kier molecular flexibility index (Phi) is 24.3.